The molecule has 6 nitrogen and oxygen atoms in total. The first kappa shape index (κ1) is 19.8. The van der Waals surface area contributed by atoms with Gasteiger partial charge in [0.15, 0.2) is 5.96 Å². The third kappa shape index (κ3) is 6.08. The molecule has 1 aromatic rings. The Morgan fingerprint density at radius 1 is 1.28 bits per heavy atom. The number of halogens is 1. The van der Waals surface area contributed by atoms with Crippen LogP contribution in [-0.2, 0) is 9.84 Å². The van der Waals surface area contributed by atoms with Crippen molar-refractivity contribution in [3.63, 3.8) is 0 Å². The van der Waals surface area contributed by atoms with Gasteiger partial charge in [0.05, 0.1) is 12.3 Å². The zero-order chi connectivity index (χ0) is 18.4. The Labute approximate surface area is 155 Å². The van der Waals surface area contributed by atoms with Crippen molar-refractivity contribution < 1.29 is 8.42 Å². The highest BCUT2D eigenvalue weighted by molar-refractivity contribution is 7.90. The average molecular weight is 387 g/mol. The minimum Gasteiger partial charge on any atom is -0.368 e. The predicted octanol–water partition coefficient (Wildman–Crippen LogP) is 1.78. The van der Waals surface area contributed by atoms with Gasteiger partial charge < -0.3 is 15.1 Å². The van der Waals surface area contributed by atoms with Gasteiger partial charge in [0, 0.05) is 49.7 Å². The summed E-state index contributed by atoms with van der Waals surface area (Å²) in [6.07, 6.45) is 1.24. The van der Waals surface area contributed by atoms with E-state index in [1.807, 2.05) is 25.1 Å². The number of piperazine rings is 1. The molecule has 0 aromatic heterocycles. The van der Waals surface area contributed by atoms with Crippen molar-refractivity contribution in [3.8, 4) is 0 Å². The van der Waals surface area contributed by atoms with Crippen molar-refractivity contribution in [2.45, 2.75) is 13.8 Å². The van der Waals surface area contributed by atoms with Gasteiger partial charge in [-0.15, -0.1) is 0 Å². The Bertz CT molecular complexity index is 713. The number of anilines is 1. The fourth-order valence-electron chi connectivity index (χ4n) is 2.83. The van der Waals surface area contributed by atoms with E-state index in [4.69, 9.17) is 11.6 Å². The molecule has 1 N–H and O–H groups in total. The van der Waals surface area contributed by atoms with Crippen LogP contribution in [0.2, 0.25) is 5.02 Å². The number of aliphatic imine (C=N–C) groups is 1. The molecular formula is C17H27ClN4O2S. The van der Waals surface area contributed by atoms with Gasteiger partial charge in [-0.05, 0) is 31.5 Å². The van der Waals surface area contributed by atoms with Gasteiger partial charge in [-0.1, -0.05) is 17.7 Å². The van der Waals surface area contributed by atoms with Crippen LogP contribution in [0.4, 0.5) is 5.69 Å². The summed E-state index contributed by atoms with van der Waals surface area (Å²) in [7, 11) is -2.99. The number of aryl methyl sites for hydroxylation is 1. The molecule has 1 aliphatic heterocycles. The lowest BCUT2D eigenvalue weighted by atomic mass is 10.1. The first-order valence-corrected chi connectivity index (χ1v) is 11.0. The second-order valence-electron chi connectivity index (χ2n) is 6.27. The van der Waals surface area contributed by atoms with Crippen LogP contribution in [0.25, 0.3) is 0 Å². The normalized spacial score (nSPS) is 16.2. The fourth-order valence-corrected chi connectivity index (χ4v) is 3.41. The fraction of sp³-hybridized carbons (Fsp3) is 0.588. The van der Waals surface area contributed by atoms with Crippen LogP contribution in [-0.4, -0.2) is 70.6 Å². The molecule has 0 bridgehead atoms. The lowest BCUT2D eigenvalue weighted by Crippen LogP contribution is -2.52. The van der Waals surface area contributed by atoms with Gasteiger partial charge in [-0.25, -0.2) is 8.42 Å². The smallest absolute Gasteiger partial charge is 0.194 e. The molecule has 1 saturated heterocycles. The van der Waals surface area contributed by atoms with Crippen molar-refractivity contribution in [1.82, 2.24) is 10.2 Å². The van der Waals surface area contributed by atoms with Crippen LogP contribution in [0.5, 0.6) is 0 Å². The second kappa shape index (κ2) is 8.76. The highest BCUT2D eigenvalue weighted by atomic mass is 35.5. The standard InChI is InChI=1S/C17H27ClN4O2S/c1-4-19-17(20-7-12-25(3,23)24)22-10-8-21(9-11-22)16-13-15(18)6-5-14(16)2/h5-6,13H,4,7-12H2,1-3H3,(H,19,20). The van der Waals surface area contributed by atoms with E-state index in [1.54, 1.807) is 0 Å². The van der Waals surface area contributed by atoms with Crippen LogP contribution >= 0.6 is 11.6 Å². The van der Waals surface area contributed by atoms with E-state index in [-0.39, 0.29) is 12.3 Å². The minimum absolute atomic E-state index is 0.0730. The van der Waals surface area contributed by atoms with Gasteiger partial charge in [0.25, 0.3) is 0 Å². The molecule has 1 aliphatic rings. The summed E-state index contributed by atoms with van der Waals surface area (Å²) in [6, 6.07) is 5.97. The molecule has 0 aliphatic carbocycles. The molecule has 0 amide bonds. The Morgan fingerprint density at radius 3 is 2.56 bits per heavy atom. The van der Waals surface area contributed by atoms with Crippen LogP contribution < -0.4 is 10.2 Å². The number of benzene rings is 1. The van der Waals surface area contributed by atoms with Crippen molar-refractivity contribution in [1.29, 1.82) is 0 Å². The quantitative estimate of drug-likeness (QED) is 0.617. The largest absolute Gasteiger partial charge is 0.368 e. The van der Waals surface area contributed by atoms with E-state index in [0.717, 1.165) is 43.7 Å². The van der Waals surface area contributed by atoms with Gasteiger partial charge in [0.2, 0.25) is 0 Å². The SMILES string of the molecule is CCNC(=NCCS(C)(=O)=O)N1CCN(c2cc(Cl)ccc2C)CC1. The number of rotatable bonds is 5. The maximum absolute atomic E-state index is 11.3. The van der Waals surface area contributed by atoms with Gasteiger partial charge in [-0.2, -0.15) is 0 Å². The minimum atomic E-state index is -2.99. The van der Waals surface area contributed by atoms with E-state index in [0.29, 0.717) is 0 Å². The zero-order valence-corrected chi connectivity index (χ0v) is 16.7. The molecule has 1 fully saturated rings. The highest BCUT2D eigenvalue weighted by Gasteiger charge is 2.21. The molecule has 0 saturated carbocycles. The predicted molar refractivity (Wildman–Crippen MR) is 106 cm³/mol. The lowest BCUT2D eigenvalue weighted by molar-refractivity contribution is 0.372. The summed E-state index contributed by atoms with van der Waals surface area (Å²) in [5.41, 5.74) is 2.39. The highest BCUT2D eigenvalue weighted by Crippen LogP contribution is 2.25. The lowest BCUT2D eigenvalue weighted by Gasteiger charge is -2.38. The van der Waals surface area contributed by atoms with E-state index < -0.39 is 9.84 Å². The van der Waals surface area contributed by atoms with Gasteiger partial charge in [0.1, 0.15) is 9.84 Å². The summed E-state index contributed by atoms with van der Waals surface area (Å²) in [5, 5.41) is 4.00. The third-order valence-corrected chi connectivity index (χ3v) is 5.31. The number of nitrogens with zero attached hydrogens (tertiary/aromatic N) is 3. The maximum atomic E-state index is 11.3. The van der Waals surface area contributed by atoms with Gasteiger partial charge in [-0.3, -0.25) is 4.99 Å². The number of sulfone groups is 1. The Balaban J connectivity index is 2.00. The topological polar surface area (TPSA) is 65.0 Å². The summed E-state index contributed by atoms with van der Waals surface area (Å²) in [6.45, 7) is 8.55. The number of guanidine groups is 1. The molecule has 1 aromatic carbocycles. The third-order valence-electron chi connectivity index (χ3n) is 4.15. The Hall–Kier alpha value is -1.47. The molecule has 0 spiro atoms. The van der Waals surface area contributed by atoms with Crippen LogP contribution in [0.3, 0.4) is 0 Å². The molecule has 25 heavy (non-hydrogen) atoms. The number of hydrogen-bond acceptors (Lipinski definition) is 4. The summed E-state index contributed by atoms with van der Waals surface area (Å²) in [4.78, 5) is 8.98. The van der Waals surface area contributed by atoms with Crippen LogP contribution in [0.1, 0.15) is 12.5 Å². The van der Waals surface area contributed by atoms with E-state index >= 15 is 0 Å². The molecule has 0 atom stereocenters. The van der Waals surface area contributed by atoms with E-state index in [2.05, 4.69) is 27.0 Å². The maximum Gasteiger partial charge on any atom is 0.194 e. The van der Waals surface area contributed by atoms with Crippen molar-refractivity contribution in [3.05, 3.63) is 28.8 Å². The Morgan fingerprint density at radius 2 is 1.96 bits per heavy atom. The summed E-state index contributed by atoms with van der Waals surface area (Å²) in [5.74, 6) is 0.859. The van der Waals surface area contributed by atoms with Crippen LogP contribution in [0, 0.1) is 6.92 Å². The zero-order valence-electron chi connectivity index (χ0n) is 15.1. The monoisotopic (exact) mass is 386 g/mol. The number of nitrogens with one attached hydrogen (secondary N) is 1. The molecule has 140 valence electrons. The molecule has 0 radical (unpaired) electrons. The molecule has 1 heterocycles. The molecule has 8 heteroatoms. The number of hydrogen-bond donors (Lipinski definition) is 1. The van der Waals surface area contributed by atoms with Crippen LogP contribution in [0.15, 0.2) is 23.2 Å². The molecule has 2 rings (SSSR count). The first-order valence-electron chi connectivity index (χ1n) is 8.52. The van der Waals surface area contributed by atoms with Gasteiger partial charge >= 0.3 is 0 Å². The Kier molecular flexibility index (Phi) is 6.95. The molecular weight excluding hydrogens is 360 g/mol. The average Bonchev–Trinajstić information content (AvgIpc) is 2.55. The first-order chi connectivity index (χ1) is 11.8. The summed E-state index contributed by atoms with van der Waals surface area (Å²) >= 11 is 6.14. The van der Waals surface area contributed by atoms with Crippen molar-refractivity contribution in [2.75, 3.05) is 56.2 Å². The second-order valence-corrected chi connectivity index (χ2v) is 8.97. The van der Waals surface area contributed by atoms with E-state index in [1.165, 1.54) is 17.5 Å². The van der Waals surface area contributed by atoms with Crippen molar-refractivity contribution in [2.24, 2.45) is 4.99 Å². The summed E-state index contributed by atoms with van der Waals surface area (Å²) < 4.78 is 22.6. The van der Waals surface area contributed by atoms with E-state index in [9.17, 15) is 8.42 Å². The molecule has 0 unspecified atom stereocenters. The van der Waals surface area contributed by atoms with Crippen molar-refractivity contribution >= 4 is 33.1 Å².